The lowest BCUT2D eigenvalue weighted by atomic mass is 9.95. The van der Waals surface area contributed by atoms with Gasteiger partial charge in [0.2, 0.25) is 5.78 Å². The first-order chi connectivity index (χ1) is 14.6. The highest BCUT2D eigenvalue weighted by molar-refractivity contribution is 6.02. The summed E-state index contributed by atoms with van der Waals surface area (Å²) in [6.07, 6.45) is 0. The Balaban J connectivity index is 2.44. The molecule has 0 N–H and O–H groups in total. The van der Waals surface area contributed by atoms with Gasteiger partial charge in [0.15, 0.2) is 0 Å². The number of carbonyl (C=O) groups excluding carboxylic acids is 3. The van der Waals surface area contributed by atoms with Crippen LogP contribution in [0.25, 0.3) is 0 Å². The lowest BCUT2D eigenvalue weighted by Gasteiger charge is -2.30. The number of hydrogen-bond donors (Lipinski definition) is 0. The molecule has 0 fully saturated rings. The number of esters is 2. The van der Waals surface area contributed by atoms with Gasteiger partial charge in [-0.1, -0.05) is 37.4 Å². The lowest BCUT2D eigenvalue weighted by Crippen LogP contribution is -2.40. The van der Waals surface area contributed by atoms with Crippen molar-refractivity contribution in [1.29, 1.82) is 0 Å². The van der Waals surface area contributed by atoms with Crippen molar-refractivity contribution in [2.75, 3.05) is 14.2 Å². The van der Waals surface area contributed by atoms with Crippen LogP contribution in [-0.4, -0.2) is 31.9 Å². The molecule has 2 rings (SSSR count). The third-order valence-corrected chi connectivity index (χ3v) is 4.30. The Morgan fingerprint density at radius 3 is 1.74 bits per heavy atom. The molecule has 0 heterocycles. The Morgan fingerprint density at radius 1 is 0.774 bits per heavy atom. The Bertz CT molecular complexity index is 1030. The molecule has 0 atom stereocenters. The summed E-state index contributed by atoms with van der Waals surface area (Å²) >= 11 is 0. The maximum absolute atomic E-state index is 13.4. The van der Waals surface area contributed by atoms with Crippen LogP contribution < -0.4 is 9.47 Å². The van der Waals surface area contributed by atoms with Gasteiger partial charge in [0.05, 0.1) is 0 Å². The van der Waals surface area contributed by atoms with Crippen LogP contribution in [0, 0.1) is 0 Å². The summed E-state index contributed by atoms with van der Waals surface area (Å²) in [5.74, 6) is -3.22. The molecular formula is C24H24O7. The number of ketones is 1. The molecule has 7 heteroatoms. The largest absolute Gasteiger partial charge is 0.423 e. The highest BCUT2D eigenvalue weighted by Gasteiger charge is 2.42. The highest BCUT2D eigenvalue weighted by atomic mass is 16.7. The topological polar surface area (TPSA) is 88.1 Å². The number of rotatable bonds is 9. The van der Waals surface area contributed by atoms with Crippen molar-refractivity contribution < 1.29 is 33.3 Å². The van der Waals surface area contributed by atoms with Gasteiger partial charge >= 0.3 is 11.9 Å². The standard InChI is InChI=1S/C24H24O7/c1-15(2)22(26)30-19-11-7-9-17(13-19)21(25)24(28-5,29-6)18-10-8-12-20(14-18)31-23(27)16(3)4/h7-14H,1,3H2,2,4-6H3. The first-order valence-corrected chi connectivity index (χ1v) is 9.25. The molecule has 0 aromatic heterocycles. The van der Waals surface area contributed by atoms with Crippen LogP contribution in [0.5, 0.6) is 11.5 Å². The molecule has 0 aliphatic carbocycles. The number of carbonyl (C=O) groups is 3. The van der Waals surface area contributed by atoms with Gasteiger partial charge in [-0.25, -0.2) is 9.59 Å². The minimum absolute atomic E-state index is 0.170. The molecule has 0 aliphatic heterocycles. The van der Waals surface area contributed by atoms with Crippen LogP contribution in [0.3, 0.4) is 0 Å². The Hall–Kier alpha value is -3.55. The van der Waals surface area contributed by atoms with Crippen LogP contribution >= 0.6 is 0 Å². The second-order valence-corrected chi connectivity index (χ2v) is 6.75. The Morgan fingerprint density at radius 2 is 1.26 bits per heavy atom. The molecule has 31 heavy (non-hydrogen) atoms. The smallest absolute Gasteiger partial charge is 0.338 e. The molecule has 0 radical (unpaired) electrons. The van der Waals surface area contributed by atoms with Crippen molar-refractivity contribution in [3.63, 3.8) is 0 Å². The van der Waals surface area contributed by atoms with Crippen molar-refractivity contribution in [2.24, 2.45) is 0 Å². The number of Topliss-reactive ketones (excluding diaryl/α,β-unsaturated/α-hetero) is 1. The zero-order chi connectivity index (χ0) is 23.2. The molecule has 0 unspecified atom stereocenters. The molecular weight excluding hydrogens is 400 g/mol. The zero-order valence-corrected chi connectivity index (χ0v) is 17.9. The first-order valence-electron chi connectivity index (χ1n) is 9.25. The summed E-state index contributed by atoms with van der Waals surface area (Å²) in [7, 11) is 2.64. The number of methoxy groups -OCH3 is 2. The summed E-state index contributed by atoms with van der Waals surface area (Å²) in [5.41, 5.74) is 0.937. The predicted octanol–water partition coefficient (Wildman–Crippen LogP) is 3.98. The van der Waals surface area contributed by atoms with Gasteiger partial charge in [-0.05, 0) is 38.1 Å². The van der Waals surface area contributed by atoms with Crippen molar-refractivity contribution in [2.45, 2.75) is 19.6 Å². The SMILES string of the molecule is C=C(C)C(=O)Oc1cccc(C(=O)C(OC)(OC)c2cccc(OC(=O)C(=C)C)c2)c1. The average molecular weight is 424 g/mol. The maximum Gasteiger partial charge on any atom is 0.338 e. The molecule has 0 saturated carbocycles. The number of ether oxygens (including phenoxy) is 4. The average Bonchev–Trinajstić information content (AvgIpc) is 2.75. The minimum atomic E-state index is -1.83. The van der Waals surface area contributed by atoms with Crippen LogP contribution in [0.1, 0.15) is 29.8 Å². The van der Waals surface area contributed by atoms with Gasteiger partial charge in [-0.3, -0.25) is 4.79 Å². The van der Waals surface area contributed by atoms with Crippen molar-refractivity contribution in [1.82, 2.24) is 0 Å². The van der Waals surface area contributed by atoms with E-state index in [2.05, 4.69) is 13.2 Å². The first kappa shape index (κ1) is 23.7. The monoisotopic (exact) mass is 424 g/mol. The van der Waals surface area contributed by atoms with Gasteiger partial charge in [-0.2, -0.15) is 0 Å². The van der Waals surface area contributed by atoms with Crippen molar-refractivity contribution >= 4 is 17.7 Å². The molecule has 7 nitrogen and oxygen atoms in total. The fourth-order valence-electron chi connectivity index (χ4n) is 2.68. The van der Waals surface area contributed by atoms with Crippen LogP contribution in [0.2, 0.25) is 0 Å². The van der Waals surface area contributed by atoms with E-state index in [0.717, 1.165) is 0 Å². The summed E-state index contributed by atoms with van der Waals surface area (Å²) < 4.78 is 21.5. The van der Waals surface area contributed by atoms with Gasteiger partial charge in [0.25, 0.3) is 5.79 Å². The predicted molar refractivity (Wildman–Crippen MR) is 114 cm³/mol. The van der Waals surface area contributed by atoms with E-state index in [4.69, 9.17) is 18.9 Å². The fraction of sp³-hybridized carbons (Fsp3) is 0.208. The van der Waals surface area contributed by atoms with Crippen molar-refractivity contribution in [3.8, 4) is 11.5 Å². The summed E-state index contributed by atoms with van der Waals surface area (Å²) in [5, 5.41) is 0. The van der Waals surface area contributed by atoms with Gasteiger partial charge in [-0.15, -0.1) is 0 Å². The Kier molecular flexibility index (Phi) is 7.63. The normalized spacial score (nSPS) is 10.8. The molecule has 0 amide bonds. The molecule has 0 saturated heterocycles. The fourth-order valence-corrected chi connectivity index (χ4v) is 2.68. The van der Waals surface area contributed by atoms with Crippen molar-refractivity contribution in [3.05, 3.63) is 84.0 Å². The molecule has 0 aliphatic rings. The number of benzene rings is 2. The summed E-state index contributed by atoms with van der Waals surface area (Å²) in [6, 6.07) is 12.3. The summed E-state index contributed by atoms with van der Waals surface area (Å²) in [6.45, 7) is 10.1. The third kappa shape index (κ3) is 5.33. The van der Waals surface area contributed by atoms with E-state index in [9.17, 15) is 14.4 Å². The van der Waals surface area contributed by atoms with E-state index in [-0.39, 0.29) is 28.2 Å². The van der Waals surface area contributed by atoms with Crippen LogP contribution in [0.4, 0.5) is 0 Å². The highest BCUT2D eigenvalue weighted by Crippen LogP contribution is 2.33. The van der Waals surface area contributed by atoms with Crippen LogP contribution in [-0.2, 0) is 24.8 Å². The van der Waals surface area contributed by atoms with Gasteiger partial charge in [0.1, 0.15) is 11.5 Å². The Labute approximate surface area is 180 Å². The van der Waals surface area contributed by atoms with Crippen LogP contribution in [0.15, 0.2) is 72.8 Å². The van der Waals surface area contributed by atoms with E-state index in [1.807, 2.05) is 0 Å². The molecule has 162 valence electrons. The molecule has 0 spiro atoms. The molecule has 2 aromatic rings. The van der Waals surface area contributed by atoms with E-state index in [0.29, 0.717) is 5.56 Å². The van der Waals surface area contributed by atoms with Gasteiger partial charge in [0, 0.05) is 36.5 Å². The lowest BCUT2D eigenvalue weighted by molar-refractivity contribution is -0.176. The quantitative estimate of drug-likeness (QED) is 0.198. The number of hydrogen-bond acceptors (Lipinski definition) is 7. The van der Waals surface area contributed by atoms with E-state index < -0.39 is 23.5 Å². The van der Waals surface area contributed by atoms with E-state index in [1.165, 1.54) is 52.3 Å². The third-order valence-electron chi connectivity index (χ3n) is 4.30. The van der Waals surface area contributed by atoms with Gasteiger partial charge < -0.3 is 18.9 Å². The second-order valence-electron chi connectivity index (χ2n) is 6.75. The minimum Gasteiger partial charge on any atom is -0.423 e. The van der Waals surface area contributed by atoms with E-state index in [1.54, 1.807) is 24.3 Å². The van der Waals surface area contributed by atoms with E-state index >= 15 is 0 Å². The molecule has 2 aromatic carbocycles. The summed E-state index contributed by atoms with van der Waals surface area (Å²) in [4.78, 5) is 37.0. The maximum atomic E-state index is 13.4. The zero-order valence-electron chi connectivity index (χ0n) is 17.9. The second kappa shape index (κ2) is 9.97. The molecule has 0 bridgehead atoms.